The smallest absolute Gasteiger partial charge is 0.253 e. The Kier molecular flexibility index (Phi) is 4.14. The number of carbonyl (C=O) groups excluding carboxylic acids is 1. The number of nitrogens with zero attached hydrogens (tertiary/aromatic N) is 4. The highest BCUT2D eigenvalue weighted by atomic mass is 19.2. The molecule has 1 saturated heterocycles. The predicted molar refractivity (Wildman–Crippen MR) is 92.8 cm³/mol. The number of pyridine rings is 1. The second-order valence-electron chi connectivity index (χ2n) is 6.43. The van der Waals surface area contributed by atoms with Gasteiger partial charge in [0.25, 0.3) is 5.91 Å². The van der Waals surface area contributed by atoms with E-state index in [-0.39, 0.29) is 17.4 Å². The molecule has 3 heterocycles. The fourth-order valence-corrected chi connectivity index (χ4v) is 3.57. The molecule has 2 aromatic heterocycles. The van der Waals surface area contributed by atoms with Crippen LogP contribution in [0.3, 0.4) is 0 Å². The molecule has 134 valence electrons. The van der Waals surface area contributed by atoms with Crippen LogP contribution < -0.4 is 0 Å². The number of rotatable bonds is 3. The quantitative estimate of drug-likeness (QED) is 0.723. The van der Waals surface area contributed by atoms with Gasteiger partial charge in [0.2, 0.25) is 0 Å². The highest BCUT2D eigenvalue weighted by Crippen LogP contribution is 2.30. The van der Waals surface area contributed by atoms with E-state index in [1.165, 1.54) is 6.07 Å². The topological polar surface area (TPSA) is 51.0 Å². The number of imidazole rings is 1. The fourth-order valence-electron chi connectivity index (χ4n) is 3.57. The maximum atomic E-state index is 13.4. The Morgan fingerprint density at radius 3 is 2.88 bits per heavy atom. The lowest BCUT2D eigenvalue weighted by molar-refractivity contribution is 0.0790. The first kappa shape index (κ1) is 16.6. The van der Waals surface area contributed by atoms with E-state index in [1.807, 2.05) is 19.1 Å². The third-order valence-electron chi connectivity index (χ3n) is 4.86. The van der Waals surface area contributed by atoms with Crippen LogP contribution in [0.1, 0.15) is 35.4 Å². The van der Waals surface area contributed by atoms with Gasteiger partial charge >= 0.3 is 0 Å². The van der Waals surface area contributed by atoms with Crippen molar-refractivity contribution in [1.29, 1.82) is 0 Å². The summed E-state index contributed by atoms with van der Waals surface area (Å²) in [5.41, 5.74) is 1.85. The zero-order valence-corrected chi connectivity index (χ0v) is 14.3. The number of hydrogen-bond donors (Lipinski definition) is 0. The lowest BCUT2D eigenvalue weighted by Crippen LogP contribution is -2.28. The molecule has 1 atom stereocenters. The third kappa shape index (κ3) is 2.73. The number of halogens is 2. The van der Waals surface area contributed by atoms with Crippen LogP contribution in [0.2, 0.25) is 0 Å². The number of benzene rings is 1. The Morgan fingerprint density at radius 2 is 2.12 bits per heavy atom. The molecule has 0 bridgehead atoms. The summed E-state index contributed by atoms with van der Waals surface area (Å²) in [4.78, 5) is 23.4. The zero-order chi connectivity index (χ0) is 18.3. The monoisotopic (exact) mass is 356 g/mol. The first-order chi connectivity index (χ1) is 12.6. The number of hydrogen-bond acceptors (Lipinski definition) is 3. The number of likely N-dealkylation sites (tertiary alicyclic amines) is 1. The summed E-state index contributed by atoms with van der Waals surface area (Å²) in [5, 5.41) is 0. The number of amides is 1. The van der Waals surface area contributed by atoms with Gasteiger partial charge in [-0.25, -0.2) is 18.7 Å². The molecule has 0 unspecified atom stereocenters. The van der Waals surface area contributed by atoms with Gasteiger partial charge in [-0.1, -0.05) is 0 Å². The predicted octanol–water partition coefficient (Wildman–Crippen LogP) is 3.36. The molecule has 0 saturated carbocycles. The van der Waals surface area contributed by atoms with Crippen LogP contribution in [0, 0.1) is 11.6 Å². The van der Waals surface area contributed by atoms with E-state index < -0.39 is 11.6 Å². The first-order valence-corrected chi connectivity index (χ1v) is 8.64. The molecule has 5 nitrogen and oxygen atoms in total. The molecule has 1 aromatic carbocycles. The second-order valence-corrected chi connectivity index (χ2v) is 6.43. The minimum atomic E-state index is -1.01. The van der Waals surface area contributed by atoms with Crippen molar-refractivity contribution in [3.63, 3.8) is 0 Å². The van der Waals surface area contributed by atoms with Gasteiger partial charge in [-0.15, -0.1) is 0 Å². The number of fused-ring (bicyclic) bond motifs is 1. The summed E-state index contributed by atoms with van der Waals surface area (Å²) in [7, 11) is 0. The van der Waals surface area contributed by atoms with Gasteiger partial charge in [-0.2, -0.15) is 0 Å². The van der Waals surface area contributed by atoms with Crippen molar-refractivity contribution in [1.82, 2.24) is 19.4 Å². The van der Waals surface area contributed by atoms with Gasteiger partial charge in [0.15, 0.2) is 17.3 Å². The molecule has 0 N–H and O–H groups in total. The van der Waals surface area contributed by atoms with Gasteiger partial charge in [-0.3, -0.25) is 4.79 Å². The van der Waals surface area contributed by atoms with Gasteiger partial charge in [0, 0.05) is 37.3 Å². The molecule has 7 heteroatoms. The summed E-state index contributed by atoms with van der Waals surface area (Å²) < 4.78 is 28.6. The highest BCUT2D eigenvalue weighted by molar-refractivity contribution is 5.94. The van der Waals surface area contributed by atoms with Crippen LogP contribution in [0.4, 0.5) is 8.78 Å². The van der Waals surface area contributed by atoms with Crippen LogP contribution in [0.5, 0.6) is 0 Å². The molecule has 3 aromatic rings. The van der Waals surface area contributed by atoms with Crippen molar-refractivity contribution in [2.24, 2.45) is 0 Å². The average Bonchev–Trinajstić information content (AvgIpc) is 3.27. The summed E-state index contributed by atoms with van der Waals surface area (Å²) in [6.45, 7) is 3.85. The van der Waals surface area contributed by atoms with E-state index >= 15 is 0 Å². The SMILES string of the molecule is CCn1c([C@H]2CCN(C(=O)c3ccc(F)c(F)c3)C2)nc2cccnc21. The number of aryl methyl sites for hydroxylation is 1. The molecule has 0 spiro atoms. The maximum Gasteiger partial charge on any atom is 0.253 e. The molecule has 26 heavy (non-hydrogen) atoms. The minimum Gasteiger partial charge on any atom is -0.338 e. The van der Waals surface area contributed by atoms with Crippen molar-refractivity contribution in [3.8, 4) is 0 Å². The Balaban J connectivity index is 1.59. The zero-order valence-electron chi connectivity index (χ0n) is 14.3. The van der Waals surface area contributed by atoms with E-state index in [0.717, 1.165) is 42.1 Å². The van der Waals surface area contributed by atoms with Gasteiger partial charge < -0.3 is 9.47 Å². The molecular formula is C19H18F2N4O. The molecule has 0 radical (unpaired) electrons. The van der Waals surface area contributed by atoms with Crippen molar-refractivity contribution in [2.45, 2.75) is 25.8 Å². The highest BCUT2D eigenvalue weighted by Gasteiger charge is 2.31. The van der Waals surface area contributed by atoms with E-state index in [0.29, 0.717) is 13.1 Å². The largest absolute Gasteiger partial charge is 0.338 e. The van der Waals surface area contributed by atoms with Gasteiger partial charge in [0.1, 0.15) is 11.3 Å². The molecule has 1 aliphatic rings. The standard InChI is InChI=1S/C19H18F2N4O/c1-2-25-17(23-16-4-3-8-22-18(16)25)13-7-9-24(11-13)19(26)12-5-6-14(20)15(21)10-12/h3-6,8,10,13H,2,7,9,11H2,1H3/t13-/m0/s1. The van der Waals surface area contributed by atoms with Crippen molar-refractivity contribution < 1.29 is 13.6 Å². The Labute approximate surface area is 149 Å². The summed E-state index contributed by atoms with van der Waals surface area (Å²) >= 11 is 0. The Bertz CT molecular complexity index is 985. The van der Waals surface area contributed by atoms with Crippen LogP contribution >= 0.6 is 0 Å². The van der Waals surface area contributed by atoms with Gasteiger partial charge in [0.05, 0.1) is 0 Å². The molecule has 0 aliphatic carbocycles. The Hall–Kier alpha value is -2.83. The van der Waals surface area contributed by atoms with E-state index in [9.17, 15) is 13.6 Å². The Morgan fingerprint density at radius 1 is 1.27 bits per heavy atom. The normalized spacial score (nSPS) is 17.2. The fraction of sp³-hybridized carbons (Fsp3) is 0.316. The summed E-state index contributed by atoms with van der Waals surface area (Å²) in [6, 6.07) is 7.04. The molecule has 1 amide bonds. The second kappa shape index (κ2) is 6.48. The van der Waals surface area contributed by atoms with E-state index in [4.69, 9.17) is 4.98 Å². The lowest BCUT2D eigenvalue weighted by atomic mass is 10.1. The van der Waals surface area contributed by atoms with Crippen LogP contribution in [-0.2, 0) is 6.54 Å². The van der Waals surface area contributed by atoms with Gasteiger partial charge in [-0.05, 0) is 43.7 Å². The first-order valence-electron chi connectivity index (χ1n) is 8.64. The number of carbonyl (C=O) groups is 1. The average molecular weight is 356 g/mol. The molecule has 4 rings (SSSR count). The van der Waals surface area contributed by atoms with E-state index in [2.05, 4.69) is 9.55 Å². The summed E-state index contributed by atoms with van der Waals surface area (Å²) in [5.74, 6) is -1.24. The molecular weight excluding hydrogens is 338 g/mol. The van der Waals surface area contributed by atoms with Crippen LogP contribution in [-0.4, -0.2) is 38.4 Å². The van der Waals surface area contributed by atoms with E-state index in [1.54, 1.807) is 11.1 Å². The maximum absolute atomic E-state index is 13.4. The molecule has 1 fully saturated rings. The summed E-state index contributed by atoms with van der Waals surface area (Å²) in [6.07, 6.45) is 2.52. The lowest BCUT2D eigenvalue weighted by Gasteiger charge is -2.17. The third-order valence-corrected chi connectivity index (χ3v) is 4.86. The molecule has 1 aliphatic heterocycles. The number of aromatic nitrogens is 3. The van der Waals surface area contributed by atoms with Crippen LogP contribution in [0.15, 0.2) is 36.5 Å². The van der Waals surface area contributed by atoms with Crippen molar-refractivity contribution in [3.05, 3.63) is 59.6 Å². The van der Waals surface area contributed by atoms with Crippen LogP contribution in [0.25, 0.3) is 11.2 Å². The van der Waals surface area contributed by atoms with Crippen molar-refractivity contribution in [2.75, 3.05) is 13.1 Å². The van der Waals surface area contributed by atoms with Crippen molar-refractivity contribution >= 4 is 17.1 Å². The minimum absolute atomic E-state index is 0.0957.